The summed E-state index contributed by atoms with van der Waals surface area (Å²) in [4.78, 5) is 11.6. The third kappa shape index (κ3) is 2.42. The second-order valence-electron chi connectivity index (χ2n) is 3.37. The molecule has 0 atom stereocenters. The van der Waals surface area contributed by atoms with Gasteiger partial charge in [-0.25, -0.2) is 0 Å². The maximum absolute atomic E-state index is 11.6. The van der Waals surface area contributed by atoms with E-state index < -0.39 is 0 Å². The zero-order valence-electron chi connectivity index (χ0n) is 8.25. The van der Waals surface area contributed by atoms with Crippen molar-refractivity contribution in [3.05, 3.63) is 29.3 Å². The molecule has 15 heavy (non-hydrogen) atoms. The number of carbonyl (C=O) groups excluding carboxylic acids is 1. The lowest BCUT2D eigenvalue weighted by Crippen LogP contribution is -2.25. The summed E-state index contributed by atoms with van der Waals surface area (Å²) in [5, 5.41) is 2.85. The van der Waals surface area contributed by atoms with E-state index >= 15 is 0 Å². The Morgan fingerprint density at radius 3 is 3.20 bits per heavy atom. The Morgan fingerprint density at radius 2 is 2.40 bits per heavy atom. The van der Waals surface area contributed by atoms with E-state index in [4.69, 9.17) is 4.74 Å². The third-order valence-corrected chi connectivity index (χ3v) is 2.87. The lowest BCUT2D eigenvalue weighted by atomic mass is 10.1. The van der Waals surface area contributed by atoms with Crippen molar-refractivity contribution in [1.29, 1.82) is 0 Å². The maximum atomic E-state index is 11.6. The molecule has 1 heterocycles. The second kappa shape index (κ2) is 4.83. The number of benzene rings is 1. The molecule has 2 rings (SSSR count). The summed E-state index contributed by atoms with van der Waals surface area (Å²) in [5.41, 5.74) is 1.86. The zero-order chi connectivity index (χ0) is 10.7. The van der Waals surface area contributed by atoms with Crippen LogP contribution in [0.1, 0.15) is 15.9 Å². The van der Waals surface area contributed by atoms with Crippen molar-refractivity contribution in [2.45, 2.75) is 6.42 Å². The van der Waals surface area contributed by atoms with Crippen molar-refractivity contribution < 1.29 is 9.53 Å². The van der Waals surface area contributed by atoms with Crippen LogP contribution in [0.2, 0.25) is 0 Å². The standard InChI is InChI=1S/C11H12INO2/c12-4-5-13-11(14)9-1-2-10-8(7-9)3-6-15-10/h1-2,7H,3-6H2,(H,13,14). The van der Waals surface area contributed by atoms with Gasteiger partial charge >= 0.3 is 0 Å². The Labute approximate surface area is 102 Å². The summed E-state index contributed by atoms with van der Waals surface area (Å²) in [6.07, 6.45) is 0.905. The molecule has 80 valence electrons. The predicted octanol–water partition coefficient (Wildman–Crippen LogP) is 1.79. The molecule has 3 nitrogen and oxygen atoms in total. The number of rotatable bonds is 3. The van der Waals surface area contributed by atoms with Gasteiger partial charge in [0.25, 0.3) is 5.91 Å². The summed E-state index contributed by atoms with van der Waals surface area (Å²) in [5.74, 6) is 0.918. The quantitative estimate of drug-likeness (QED) is 0.682. The van der Waals surface area contributed by atoms with E-state index in [9.17, 15) is 4.79 Å². The number of alkyl halides is 1. The Kier molecular flexibility index (Phi) is 3.45. The molecule has 0 aliphatic carbocycles. The van der Waals surface area contributed by atoms with Crippen LogP contribution >= 0.6 is 22.6 Å². The summed E-state index contributed by atoms with van der Waals surface area (Å²) >= 11 is 2.23. The van der Waals surface area contributed by atoms with Gasteiger partial charge in [-0.3, -0.25) is 4.79 Å². The highest BCUT2D eigenvalue weighted by molar-refractivity contribution is 14.1. The minimum Gasteiger partial charge on any atom is -0.493 e. The summed E-state index contributed by atoms with van der Waals surface area (Å²) in [7, 11) is 0. The van der Waals surface area contributed by atoms with E-state index in [0.717, 1.165) is 34.3 Å². The molecule has 0 radical (unpaired) electrons. The van der Waals surface area contributed by atoms with Gasteiger partial charge in [0.2, 0.25) is 0 Å². The number of amides is 1. The molecule has 0 aromatic heterocycles. The Hall–Kier alpha value is -0.780. The van der Waals surface area contributed by atoms with Crippen molar-refractivity contribution >= 4 is 28.5 Å². The van der Waals surface area contributed by atoms with Gasteiger partial charge in [0.15, 0.2) is 0 Å². The number of fused-ring (bicyclic) bond motifs is 1. The predicted molar refractivity (Wildman–Crippen MR) is 66.9 cm³/mol. The van der Waals surface area contributed by atoms with E-state index in [-0.39, 0.29) is 5.91 Å². The topological polar surface area (TPSA) is 38.3 Å². The smallest absolute Gasteiger partial charge is 0.251 e. The van der Waals surface area contributed by atoms with Crippen molar-refractivity contribution in [1.82, 2.24) is 5.32 Å². The SMILES string of the molecule is O=C(NCCI)c1ccc2c(c1)CCO2. The molecule has 4 heteroatoms. The first kappa shape index (κ1) is 10.7. The average molecular weight is 317 g/mol. The molecule has 0 unspecified atom stereocenters. The van der Waals surface area contributed by atoms with Gasteiger partial charge in [0.05, 0.1) is 6.61 Å². The Balaban J connectivity index is 2.12. The average Bonchev–Trinajstić information content (AvgIpc) is 2.72. The first-order valence-electron chi connectivity index (χ1n) is 4.91. The number of hydrogen-bond donors (Lipinski definition) is 1. The van der Waals surface area contributed by atoms with Crippen molar-refractivity contribution in [2.24, 2.45) is 0 Å². The highest BCUT2D eigenvalue weighted by Crippen LogP contribution is 2.25. The number of hydrogen-bond acceptors (Lipinski definition) is 2. The van der Waals surface area contributed by atoms with Gasteiger partial charge in [-0.05, 0) is 23.8 Å². The van der Waals surface area contributed by atoms with E-state index in [2.05, 4.69) is 27.9 Å². The molecule has 0 bridgehead atoms. The van der Waals surface area contributed by atoms with Crippen molar-refractivity contribution in [2.75, 3.05) is 17.6 Å². The molecule has 1 amide bonds. The number of halogens is 1. The number of nitrogens with one attached hydrogen (secondary N) is 1. The van der Waals surface area contributed by atoms with Crippen LogP contribution in [-0.4, -0.2) is 23.5 Å². The van der Waals surface area contributed by atoms with Crippen LogP contribution in [-0.2, 0) is 6.42 Å². The molecule has 0 saturated heterocycles. The first-order valence-corrected chi connectivity index (χ1v) is 6.43. The molecule has 1 aromatic carbocycles. The molecule has 0 fully saturated rings. The van der Waals surface area contributed by atoms with E-state index in [1.807, 2.05) is 18.2 Å². The Morgan fingerprint density at radius 1 is 1.53 bits per heavy atom. The Bertz CT molecular complexity index is 379. The van der Waals surface area contributed by atoms with E-state index in [0.29, 0.717) is 6.54 Å². The fraction of sp³-hybridized carbons (Fsp3) is 0.364. The van der Waals surface area contributed by atoms with Crippen molar-refractivity contribution in [3.63, 3.8) is 0 Å². The van der Waals surface area contributed by atoms with Crippen LogP contribution in [0.3, 0.4) is 0 Å². The minimum atomic E-state index is 0.00126. The van der Waals surface area contributed by atoms with E-state index in [1.165, 1.54) is 0 Å². The molecular weight excluding hydrogens is 305 g/mol. The molecule has 1 aliphatic rings. The third-order valence-electron chi connectivity index (χ3n) is 2.33. The van der Waals surface area contributed by atoms with Gasteiger partial charge in [-0.1, -0.05) is 22.6 Å². The number of carbonyl (C=O) groups is 1. The van der Waals surface area contributed by atoms with Crippen LogP contribution in [0.5, 0.6) is 5.75 Å². The normalized spacial score (nSPS) is 13.1. The van der Waals surface area contributed by atoms with Gasteiger partial charge < -0.3 is 10.1 Å². The second-order valence-corrected chi connectivity index (χ2v) is 4.44. The van der Waals surface area contributed by atoms with Gasteiger partial charge in [0.1, 0.15) is 5.75 Å². The molecule has 1 aromatic rings. The molecule has 1 aliphatic heterocycles. The lowest BCUT2D eigenvalue weighted by Gasteiger charge is -2.04. The van der Waals surface area contributed by atoms with Gasteiger partial charge in [-0.15, -0.1) is 0 Å². The summed E-state index contributed by atoms with van der Waals surface area (Å²) in [6, 6.07) is 5.61. The largest absolute Gasteiger partial charge is 0.493 e. The maximum Gasteiger partial charge on any atom is 0.251 e. The monoisotopic (exact) mass is 317 g/mol. The van der Waals surface area contributed by atoms with Crippen LogP contribution in [0, 0.1) is 0 Å². The summed E-state index contributed by atoms with van der Waals surface area (Å²) < 4.78 is 6.31. The number of ether oxygens (including phenoxy) is 1. The lowest BCUT2D eigenvalue weighted by molar-refractivity contribution is 0.0956. The van der Waals surface area contributed by atoms with Crippen LogP contribution in [0.15, 0.2) is 18.2 Å². The van der Waals surface area contributed by atoms with Gasteiger partial charge in [-0.2, -0.15) is 0 Å². The fourth-order valence-electron chi connectivity index (χ4n) is 1.59. The van der Waals surface area contributed by atoms with Crippen LogP contribution < -0.4 is 10.1 Å². The highest BCUT2D eigenvalue weighted by atomic mass is 127. The van der Waals surface area contributed by atoms with Crippen molar-refractivity contribution in [3.8, 4) is 5.75 Å². The molecule has 1 N–H and O–H groups in total. The zero-order valence-corrected chi connectivity index (χ0v) is 10.4. The van der Waals surface area contributed by atoms with E-state index in [1.54, 1.807) is 0 Å². The highest BCUT2D eigenvalue weighted by Gasteiger charge is 2.14. The molecular formula is C11H12INO2. The minimum absolute atomic E-state index is 0.00126. The first-order chi connectivity index (χ1) is 7.31. The summed E-state index contributed by atoms with van der Waals surface area (Å²) in [6.45, 7) is 1.45. The van der Waals surface area contributed by atoms with Crippen LogP contribution in [0.25, 0.3) is 0 Å². The molecule has 0 spiro atoms. The van der Waals surface area contributed by atoms with Crippen LogP contribution in [0.4, 0.5) is 0 Å². The molecule has 0 saturated carbocycles. The fourth-order valence-corrected chi connectivity index (χ4v) is 1.86. The van der Waals surface area contributed by atoms with Gasteiger partial charge in [0, 0.05) is 23.0 Å².